The van der Waals surface area contributed by atoms with E-state index in [4.69, 9.17) is 4.74 Å². The third-order valence-electron chi connectivity index (χ3n) is 3.76. The Morgan fingerprint density at radius 3 is 2.62 bits per heavy atom. The largest absolute Gasteiger partial charge is 0.374 e. The number of ether oxygens (including phenoxy) is 1. The van der Waals surface area contributed by atoms with Gasteiger partial charge in [0.15, 0.2) is 0 Å². The average molecular weight is 298 g/mol. The molecule has 1 heterocycles. The van der Waals surface area contributed by atoms with Crippen molar-refractivity contribution in [1.29, 1.82) is 0 Å². The van der Waals surface area contributed by atoms with Crippen LogP contribution in [-0.2, 0) is 4.74 Å². The van der Waals surface area contributed by atoms with Gasteiger partial charge in [0.05, 0.1) is 18.8 Å². The molecule has 0 aliphatic carbocycles. The summed E-state index contributed by atoms with van der Waals surface area (Å²) in [5.41, 5.74) is 0.609. The molecular formula is C16H24F2N2O. The van der Waals surface area contributed by atoms with Gasteiger partial charge in [0, 0.05) is 19.2 Å². The fourth-order valence-electron chi connectivity index (χ4n) is 2.89. The third kappa shape index (κ3) is 4.46. The Bertz CT molecular complexity index is 434. The summed E-state index contributed by atoms with van der Waals surface area (Å²) in [4.78, 5) is 2.34. The number of nitrogens with zero attached hydrogens (tertiary/aromatic N) is 1. The molecule has 2 rings (SSSR count). The molecule has 3 nitrogen and oxygen atoms in total. The van der Waals surface area contributed by atoms with Gasteiger partial charge in [0.25, 0.3) is 0 Å². The predicted molar refractivity (Wildman–Crippen MR) is 79.2 cm³/mol. The Kier molecular flexibility index (Phi) is 6.08. The van der Waals surface area contributed by atoms with Gasteiger partial charge in [-0.2, -0.15) is 0 Å². The Balaban J connectivity index is 2.17. The van der Waals surface area contributed by atoms with E-state index in [9.17, 15) is 8.78 Å². The number of hydrogen-bond donors (Lipinski definition) is 1. The fraction of sp³-hybridized carbons (Fsp3) is 0.625. The van der Waals surface area contributed by atoms with Crippen molar-refractivity contribution in [3.05, 3.63) is 35.4 Å². The molecule has 0 spiro atoms. The zero-order valence-corrected chi connectivity index (χ0v) is 12.7. The number of halogens is 2. The number of morpholine rings is 1. The molecule has 0 radical (unpaired) electrons. The van der Waals surface area contributed by atoms with Gasteiger partial charge >= 0.3 is 0 Å². The molecule has 1 aromatic carbocycles. The highest BCUT2D eigenvalue weighted by Gasteiger charge is 2.29. The number of likely N-dealkylation sites (N-methyl/N-ethyl adjacent to an activating group) is 1. The van der Waals surface area contributed by atoms with E-state index in [0.717, 1.165) is 38.7 Å². The summed E-state index contributed by atoms with van der Waals surface area (Å²) >= 11 is 0. The fourth-order valence-corrected chi connectivity index (χ4v) is 2.89. The molecule has 1 aliphatic rings. The molecule has 1 saturated heterocycles. The van der Waals surface area contributed by atoms with Gasteiger partial charge in [-0.25, -0.2) is 8.78 Å². The van der Waals surface area contributed by atoms with Gasteiger partial charge in [0.1, 0.15) is 11.6 Å². The van der Waals surface area contributed by atoms with Gasteiger partial charge in [-0.1, -0.05) is 13.8 Å². The smallest absolute Gasteiger partial charge is 0.126 e. The Morgan fingerprint density at radius 1 is 1.29 bits per heavy atom. The van der Waals surface area contributed by atoms with Crippen molar-refractivity contribution in [3.63, 3.8) is 0 Å². The number of benzene rings is 1. The maximum Gasteiger partial charge on any atom is 0.126 e. The Hall–Kier alpha value is -1.04. The van der Waals surface area contributed by atoms with E-state index in [2.05, 4.69) is 17.1 Å². The first-order valence-corrected chi connectivity index (χ1v) is 7.67. The van der Waals surface area contributed by atoms with Crippen molar-refractivity contribution in [2.75, 3.05) is 32.8 Å². The van der Waals surface area contributed by atoms with Crippen LogP contribution >= 0.6 is 0 Å². The van der Waals surface area contributed by atoms with Crippen molar-refractivity contribution in [1.82, 2.24) is 10.2 Å². The average Bonchev–Trinajstić information content (AvgIpc) is 2.44. The van der Waals surface area contributed by atoms with Gasteiger partial charge in [-0.3, -0.25) is 4.90 Å². The predicted octanol–water partition coefficient (Wildman–Crippen LogP) is 2.73. The van der Waals surface area contributed by atoms with Crippen LogP contribution in [0.5, 0.6) is 0 Å². The summed E-state index contributed by atoms with van der Waals surface area (Å²) < 4.78 is 32.8. The SMILES string of the molecule is CCCN1CCOC(C(NCC)c2cc(F)cc(F)c2)C1. The van der Waals surface area contributed by atoms with Crippen LogP contribution in [0.3, 0.4) is 0 Å². The first kappa shape index (κ1) is 16.3. The van der Waals surface area contributed by atoms with E-state index in [1.165, 1.54) is 12.1 Å². The zero-order chi connectivity index (χ0) is 15.2. The lowest BCUT2D eigenvalue weighted by Gasteiger charge is -2.37. The summed E-state index contributed by atoms with van der Waals surface area (Å²) in [5, 5.41) is 3.30. The molecule has 1 aliphatic heterocycles. The van der Waals surface area contributed by atoms with Gasteiger partial charge in [0.2, 0.25) is 0 Å². The Morgan fingerprint density at radius 2 is 2.00 bits per heavy atom. The molecule has 118 valence electrons. The summed E-state index contributed by atoms with van der Waals surface area (Å²) in [6, 6.07) is 3.48. The topological polar surface area (TPSA) is 24.5 Å². The van der Waals surface area contributed by atoms with Gasteiger partial charge < -0.3 is 10.1 Å². The van der Waals surface area contributed by atoms with Crippen molar-refractivity contribution < 1.29 is 13.5 Å². The molecule has 0 aromatic heterocycles. The van der Waals surface area contributed by atoms with Crippen LogP contribution in [0.4, 0.5) is 8.78 Å². The van der Waals surface area contributed by atoms with E-state index >= 15 is 0 Å². The van der Waals surface area contributed by atoms with E-state index < -0.39 is 11.6 Å². The molecule has 2 atom stereocenters. The number of rotatable bonds is 6. The molecular weight excluding hydrogens is 274 g/mol. The lowest BCUT2D eigenvalue weighted by molar-refractivity contribution is -0.0468. The molecule has 21 heavy (non-hydrogen) atoms. The second-order valence-electron chi connectivity index (χ2n) is 5.45. The minimum absolute atomic E-state index is 0.0913. The molecule has 0 amide bonds. The molecule has 0 saturated carbocycles. The quantitative estimate of drug-likeness (QED) is 0.874. The summed E-state index contributed by atoms with van der Waals surface area (Å²) in [6.45, 7) is 8.23. The highest BCUT2D eigenvalue weighted by atomic mass is 19.1. The lowest BCUT2D eigenvalue weighted by atomic mass is 9.99. The van der Waals surface area contributed by atoms with Crippen LogP contribution in [0.15, 0.2) is 18.2 Å². The summed E-state index contributed by atoms with van der Waals surface area (Å²) in [7, 11) is 0. The van der Waals surface area contributed by atoms with Crippen LogP contribution in [0.2, 0.25) is 0 Å². The molecule has 0 bridgehead atoms. The van der Waals surface area contributed by atoms with E-state index in [-0.39, 0.29) is 12.1 Å². The first-order valence-electron chi connectivity index (χ1n) is 7.67. The monoisotopic (exact) mass is 298 g/mol. The number of hydrogen-bond acceptors (Lipinski definition) is 3. The summed E-state index contributed by atoms with van der Waals surface area (Å²) in [5.74, 6) is -1.09. The van der Waals surface area contributed by atoms with Crippen molar-refractivity contribution in [3.8, 4) is 0 Å². The standard InChI is InChI=1S/C16H24F2N2O/c1-3-5-20-6-7-21-15(11-20)16(19-4-2)12-8-13(17)10-14(18)9-12/h8-10,15-16,19H,3-7,11H2,1-2H3. The second-order valence-corrected chi connectivity index (χ2v) is 5.45. The van der Waals surface area contributed by atoms with Gasteiger partial charge in [-0.05, 0) is 37.2 Å². The lowest BCUT2D eigenvalue weighted by Crippen LogP contribution is -2.48. The van der Waals surface area contributed by atoms with Crippen molar-refractivity contribution in [2.45, 2.75) is 32.4 Å². The van der Waals surface area contributed by atoms with Gasteiger partial charge in [-0.15, -0.1) is 0 Å². The number of nitrogens with one attached hydrogen (secondary N) is 1. The molecule has 1 N–H and O–H groups in total. The highest BCUT2D eigenvalue weighted by molar-refractivity contribution is 5.23. The first-order chi connectivity index (χ1) is 10.1. The highest BCUT2D eigenvalue weighted by Crippen LogP contribution is 2.24. The van der Waals surface area contributed by atoms with E-state index in [1.807, 2.05) is 6.92 Å². The Labute approximate surface area is 125 Å². The van der Waals surface area contributed by atoms with Crippen LogP contribution in [0.25, 0.3) is 0 Å². The van der Waals surface area contributed by atoms with Crippen LogP contribution in [-0.4, -0.2) is 43.8 Å². The van der Waals surface area contributed by atoms with E-state index in [1.54, 1.807) is 0 Å². The minimum Gasteiger partial charge on any atom is -0.374 e. The summed E-state index contributed by atoms with van der Waals surface area (Å²) in [6.07, 6.45) is 0.999. The molecule has 5 heteroatoms. The van der Waals surface area contributed by atoms with Crippen molar-refractivity contribution in [2.24, 2.45) is 0 Å². The molecule has 2 unspecified atom stereocenters. The van der Waals surface area contributed by atoms with Crippen LogP contribution in [0.1, 0.15) is 31.9 Å². The zero-order valence-electron chi connectivity index (χ0n) is 12.7. The normalized spacial score (nSPS) is 21.4. The third-order valence-corrected chi connectivity index (χ3v) is 3.76. The maximum absolute atomic E-state index is 13.5. The minimum atomic E-state index is -0.547. The molecule has 1 aromatic rings. The second kappa shape index (κ2) is 7.82. The van der Waals surface area contributed by atoms with Crippen molar-refractivity contribution >= 4 is 0 Å². The van der Waals surface area contributed by atoms with Crippen LogP contribution in [0, 0.1) is 11.6 Å². The van der Waals surface area contributed by atoms with Crippen LogP contribution < -0.4 is 5.32 Å². The maximum atomic E-state index is 13.5. The molecule has 1 fully saturated rings. The van der Waals surface area contributed by atoms with E-state index in [0.29, 0.717) is 12.2 Å².